The van der Waals surface area contributed by atoms with Crippen molar-refractivity contribution in [3.8, 4) is 11.5 Å². The Hall–Kier alpha value is -2.78. The minimum atomic E-state index is 0. The van der Waals surface area contributed by atoms with Crippen molar-refractivity contribution in [3.63, 3.8) is 0 Å². The van der Waals surface area contributed by atoms with E-state index >= 15 is 0 Å². The van der Waals surface area contributed by atoms with Crippen LogP contribution >= 0.6 is 0 Å². The smallest absolute Gasteiger partial charge is 0.115 e. The van der Waals surface area contributed by atoms with E-state index in [1.54, 1.807) is 73.3 Å². The summed E-state index contributed by atoms with van der Waals surface area (Å²) < 4.78 is 0. The molecule has 0 bridgehead atoms. The fourth-order valence-corrected chi connectivity index (χ4v) is 1.48. The maximum atomic E-state index is 8.63. The monoisotopic (exact) mass is 436 g/mol. The summed E-state index contributed by atoms with van der Waals surface area (Å²) in [6.07, 6.45) is 7.00. The summed E-state index contributed by atoms with van der Waals surface area (Å²) in [6, 6.07) is 28.9. The maximum absolute atomic E-state index is 8.63. The molecule has 0 saturated heterocycles. The van der Waals surface area contributed by atoms with Gasteiger partial charge in [-0.25, -0.2) is 0 Å². The first-order valence-corrected chi connectivity index (χ1v) is 7.97. The summed E-state index contributed by atoms with van der Waals surface area (Å²) in [7, 11) is 0. The van der Waals surface area contributed by atoms with Crippen LogP contribution in [-0.2, 0) is 26.2 Å². The van der Waals surface area contributed by atoms with Crippen LogP contribution in [0.15, 0.2) is 122 Å². The summed E-state index contributed by atoms with van der Waals surface area (Å²) >= 11 is 0. The van der Waals surface area contributed by atoms with Gasteiger partial charge >= 0.3 is 0 Å². The van der Waals surface area contributed by atoms with Crippen molar-refractivity contribution in [2.24, 2.45) is 0 Å². The van der Waals surface area contributed by atoms with Crippen molar-refractivity contribution in [1.82, 2.24) is 9.97 Å². The van der Waals surface area contributed by atoms with E-state index in [0.717, 1.165) is 0 Å². The van der Waals surface area contributed by atoms with Gasteiger partial charge < -0.3 is 10.2 Å². The van der Waals surface area contributed by atoms with E-state index in [4.69, 9.17) is 10.2 Å². The fourth-order valence-electron chi connectivity index (χ4n) is 1.48. The van der Waals surface area contributed by atoms with Gasteiger partial charge in [-0.2, -0.15) is 0 Å². The zero-order valence-corrected chi connectivity index (χ0v) is 17.3. The number of rotatable bonds is 0. The molecular weight excluding hydrogens is 415 g/mol. The minimum absolute atomic E-state index is 0. The van der Waals surface area contributed by atoms with Gasteiger partial charge in [-0.3, -0.25) is 9.97 Å². The van der Waals surface area contributed by atoms with Gasteiger partial charge in [0.1, 0.15) is 11.5 Å². The molecule has 0 aliphatic rings. The molecule has 2 aromatic heterocycles. The normalized spacial score (nSPS) is 8.00. The summed E-state index contributed by atoms with van der Waals surface area (Å²) in [6.45, 7) is 0. The Bertz CT molecular complexity index is 636. The quantitative estimate of drug-likeness (QED) is 0.409. The topological polar surface area (TPSA) is 66.2 Å². The van der Waals surface area contributed by atoms with Gasteiger partial charge in [-0.1, -0.05) is 48.5 Å². The zero-order chi connectivity index (χ0) is 18.7. The molecule has 5 heteroatoms. The number of phenols is 2. The van der Waals surface area contributed by atoms with Crippen LogP contribution < -0.4 is 0 Å². The van der Waals surface area contributed by atoms with Gasteiger partial charge in [-0.15, -0.1) is 0 Å². The Morgan fingerprint density at radius 2 is 0.667 bits per heavy atom. The van der Waals surface area contributed by atoms with Crippen molar-refractivity contribution in [2.75, 3.05) is 0 Å². The standard InChI is InChI=1S/2C6H6O.2C5H5N.Zr/c2*7-6-4-2-1-3-5-6;2*1-2-4-6-5-3-1;/h2*1-5,7H;2*1-5H;. The zero-order valence-electron chi connectivity index (χ0n) is 14.8. The summed E-state index contributed by atoms with van der Waals surface area (Å²) in [5, 5.41) is 17.3. The number of aromatic nitrogens is 2. The van der Waals surface area contributed by atoms with Crippen LogP contribution in [0.1, 0.15) is 0 Å². The van der Waals surface area contributed by atoms with Crippen LogP contribution in [0.4, 0.5) is 0 Å². The number of pyridine rings is 2. The van der Waals surface area contributed by atoms with Gasteiger partial charge in [0.25, 0.3) is 0 Å². The second-order valence-electron chi connectivity index (χ2n) is 4.72. The number of nitrogens with zero attached hydrogens (tertiary/aromatic N) is 2. The summed E-state index contributed by atoms with van der Waals surface area (Å²) in [5.74, 6) is 0.644. The van der Waals surface area contributed by atoms with E-state index in [1.807, 2.05) is 48.5 Å². The SMILES string of the molecule is Oc1ccccc1.Oc1ccccc1.[Zr].c1ccncc1.c1ccncc1. The molecule has 0 amide bonds. The molecule has 4 rings (SSSR count). The van der Waals surface area contributed by atoms with E-state index in [1.165, 1.54) is 0 Å². The van der Waals surface area contributed by atoms with Gasteiger partial charge in [0.15, 0.2) is 0 Å². The van der Waals surface area contributed by atoms with E-state index in [0.29, 0.717) is 11.5 Å². The van der Waals surface area contributed by atoms with Gasteiger partial charge in [0.05, 0.1) is 0 Å². The van der Waals surface area contributed by atoms with E-state index in [-0.39, 0.29) is 26.2 Å². The summed E-state index contributed by atoms with van der Waals surface area (Å²) in [5.41, 5.74) is 0. The maximum Gasteiger partial charge on any atom is 0.115 e. The number of phenolic OH excluding ortho intramolecular Hbond substituents is 2. The van der Waals surface area contributed by atoms with Crippen LogP contribution in [0.2, 0.25) is 0 Å². The largest absolute Gasteiger partial charge is 0.508 e. The van der Waals surface area contributed by atoms with Gasteiger partial charge in [0.2, 0.25) is 0 Å². The van der Waals surface area contributed by atoms with E-state index in [2.05, 4.69) is 9.97 Å². The molecule has 27 heavy (non-hydrogen) atoms. The third kappa shape index (κ3) is 16.4. The average Bonchev–Trinajstić information content (AvgIpc) is 2.73. The fraction of sp³-hybridized carbons (Fsp3) is 0. The van der Waals surface area contributed by atoms with Crippen molar-refractivity contribution < 1.29 is 36.4 Å². The van der Waals surface area contributed by atoms with Crippen LogP contribution in [0.25, 0.3) is 0 Å². The van der Waals surface area contributed by atoms with Crippen molar-refractivity contribution in [2.45, 2.75) is 0 Å². The number of hydrogen-bond acceptors (Lipinski definition) is 4. The molecule has 2 N–H and O–H groups in total. The molecule has 4 aromatic rings. The van der Waals surface area contributed by atoms with Crippen LogP contribution in [0, 0.1) is 0 Å². The molecule has 0 saturated carbocycles. The van der Waals surface area contributed by atoms with E-state index < -0.39 is 0 Å². The second-order valence-corrected chi connectivity index (χ2v) is 4.72. The molecule has 0 aliphatic heterocycles. The molecule has 0 radical (unpaired) electrons. The van der Waals surface area contributed by atoms with Crippen LogP contribution in [0.3, 0.4) is 0 Å². The van der Waals surface area contributed by atoms with Crippen LogP contribution in [0.5, 0.6) is 11.5 Å². The van der Waals surface area contributed by atoms with Crippen molar-refractivity contribution >= 4 is 0 Å². The first-order chi connectivity index (χ1) is 12.8. The molecule has 4 nitrogen and oxygen atoms in total. The number of aromatic hydroxyl groups is 2. The molecule has 0 aliphatic carbocycles. The average molecular weight is 438 g/mol. The van der Waals surface area contributed by atoms with Crippen LogP contribution in [-0.4, -0.2) is 20.2 Å². The van der Waals surface area contributed by atoms with Crippen molar-refractivity contribution in [1.29, 1.82) is 0 Å². The molecule has 0 unspecified atom stereocenters. The number of hydrogen-bond donors (Lipinski definition) is 2. The third-order valence-electron chi connectivity index (χ3n) is 2.65. The molecule has 136 valence electrons. The molecule has 2 heterocycles. The van der Waals surface area contributed by atoms with Gasteiger partial charge in [0, 0.05) is 51.0 Å². The predicted octanol–water partition coefficient (Wildman–Crippen LogP) is 4.95. The van der Waals surface area contributed by atoms with Crippen molar-refractivity contribution in [3.05, 3.63) is 122 Å². The predicted molar refractivity (Wildman–Crippen MR) is 105 cm³/mol. The number of para-hydroxylation sites is 2. The molecule has 0 spiro atoms. The molecule has 0 fully saturated rings. The van der Waals surface area contributed by atoms with Gasteiger partial charge in [-0.05, 0) is 48.5 Å². The molecule has 2 aromatic carbocycles. The molecule has 0 atom stereocenters. The third-order valence-corrected chi connectivity index (χ3v) is 2.65. The first-order valence-electron chi connectivity index (χ1n) is 7.97. The Kier molecular flexibility index (Phi) is 16.2. The second kappa shape index (κ2) is 18.0. The first kappa shape index (κ1) is 24.2. The Balaban J connectivity index is 0.000000331. The summed E-state index contributed by atoms with van der Waals surface area (Å²) in [4.78, 5) is 7.57. The van der Waals surface area contributed by atoms with E-state index in [9.17, 15) is 0 Å². The number of benzene rings is 2. The minimum Gasteiger partial charge on any atom is -0.508 e. The Morgan fingerprint density at radius 1 is 0.407 bits per heavy atom. The molecular formula is C22H22N2O2Zr. The Labute approximate surface area is 179 Å². The Morgan fingerprint density at radius 3 is 0.778 bits per heavy atom.